The minimum absolute atomic E-state index is 0.150. The fourth-order valence-corrected chi connectivity index (χ4v) is 5.08. The highest BCUT2D eigenvalue weighted by atomic mass is 79.9. The second-order valence-corrected chi connectivity index (χ2v) is 9.57. The zero-order valence-electron chi connectivity index (χ0n) is 16.2. The Hall–Kier alpha value is -2.10. The molecule has 0 spiro atoms. The van der Waals surface area contributed by atoms with Gasteiger partial charge in [0.1, 0.15) is 0 Å². The van der Waals surface area contributed by atoms with Gasteiger partial charge in [-0.1, -0.05) is 15.9 Å². The van der Waals surface area contributed by atoms with E-state index in [2.05, 4.69) is 21.2 Å². The highest BCUT2D eigenvalue weighted by Gasteiger charge is 2.33. The molecule has 9 heteroatoms. The van der Waals surface area contributed by atoms with Crippen molar-refractivity contribution in [1.29, 1.82) is 0 Å². The normalized spacial score (nSPS) is 17.6. The molecule has 1 aliphatic heterocycles. The Morgan fingerprint density at radius 2 is 1.79 bits per heavy atom. The predicted octanol–water partition coefficient (Wildman–Crippen LogP) is 3.51. The number of anilines is 1. The van der Waals surface area contributed by atoms with Crippen molar-refractivity contribution in [3.05, 3.63) is 46.9 Å². The Balaban J connectivity index is 1.72. The zero-order chi connectivity index (χ0) is 21.0. The molecule has 1 aliphatic rings. The first-order chi connectivity index (χ1) is 13.8. The average Bonchev–Trinajstić information content (AvgIpc) is 2.74. The molecule has 0 aliphatic carbocycles. The third-order valence-electron chi connectivity index (χ3n) is 4.86. The smallest absolute Gasteiger partial charge is 0.243 e. The van der Waals surface area contributed by atoms with E-state index >= 15 is 0 Å². The summed E-state index contributed by atoms with van der Waals surface area (Å²) in [7, 11) is -0.578. The number of ether oxygens (including phenoxy) is 2. The highest BCUT2D eigenvalue weighted by Crippen LogP contribution is 2.31. The third-order valence-corrected chi connectivity index (χ3v) is 7.27. The summed E-state index contributed by atoms with van der Waals surface area (Å²) >= 11 is 3.31. The van der Waals surface area contributed by atoms with Crippen molar-refractivity contribution in [2.75, 3.05) is 32.6 Å². The summed E-state index contributed by atoms with van der Waals surface area (Å²) < 4.78 is 38.5. The van der Waals surface area contributed by atoms with E-state index in [4.69, 9.17) is 9.47 Å². The number of benzene rings is 2. The quantitative estimate of drug-likeness (QED) is 0.680. The molecule has 156 valence electrons. The van der Waals surface area contributed by atoms with Crippen LogP contribution in [0.1, 0.15) is 12.8 Å². The summed E-state index contributed by atoms with van der Waals surface area (Å²) in [5.41, 5.74) is 0.570. The van der Waals surface area contributed by atoms with Gasteiger partial charge in [0.05, 0.1) is 25.0 Å². The maximum atomic E-state index is 12.9. The molecule has 7 nitrogen and oxygen atoms in total. The largest absolute Gasteiger partial charge is 0.493 e. The molecule has 1 saturated heterocycles. The fourth-order valence-electron chi connectivity index (χ4n) is 3.29. The summed E-state index contributed by atoms with van der Waals surface area (Å²) in [6.45, 7) is 0.552. The van der Waals surface area contributed by atoms with Gasteiger partial charge in [-0.15, -0.1) is 0 Å². The van der Waals surface area contributed by atoms with Crippen LogP contribution in [0, 0.1) is 5.92 Å². The van der Waals surface area contributed by atoms with Crippen LogP contribution in [-0.2, 0) is 14.8 Å². The van der Waals surface area contributed by atoms with Gasteiger partial charge in [0.2, 0.25) is 15.9 Å². The molecular formula is C20H23BrN2O5S. The molecule has 0 unspecified atom stereocenters. The number of methoxy groups -OCH3 is 2. The molecule has 0 aromatic heterocycles. The van der Waals surface area contributed by atoms with Crippen molar-refractivity contribution >= 4 is 37.5 Å². The number of amides is 1. The standard InChI is InChI=1S/C20H23BrN2O5S/c1-27-18-10-7-16(12-19(18)28-2)22-20(24)14-4-3-11-23(13-14)29(25,26)17-8-5-15(21)6-9-17/h5-10,12,14H,3-4,11,13H2,1-2H3,(H,22,24)/t14-/m0/s1. The van der Waals surface area contributed by atoms with Gasteiger partial charge < -0.3 is 14.8 Å². The van der Waals surface area contributed by atoms with E-state index in [0.29, 0.717) is 36.6 Å². The number of nitrogens with zero attached hydrogens (tertiary/aromatic N) is 1. The average molecular weight is 483 g/mol. The van der Waals surface area contributed by atoms with Crippen LogP contribution in [0.4, 0.5) is 5.69 Å². The van der Waals surface area contributed by atoms with E-state index in [0.717, 1.165) is 4.47 Å². The Morgan fingerprint density at radius 3 is 2.45 bits per heavy atom. The second-order valence-electron chi connectivity index (χ2n) is 6.72. The number of nitrogens with one attached hydrogen (secondary N) is 1. The van der Waals surface area contributed by atoms with Crippen LogP contribution in [-0.4, -0.2) is 45.9 Å². The van der Waals surface area contributed by atoms with E-state index < -0.39 is 15.9 Å². The number of carbonyl (C=O) groups is 1. The lowest BCUT2D eigenvalue weighted by Crippen LogP contribution is -2.43. The van der Waals surface area contributed by atoms with Crippen LogP contribution in [0.5, 0.6) is 11.5 Å². The minimum atomic E-state index is -3.64. The summed E-state index contributed by atoms with van der Waals surface area (Å²) in [5.74, 6) is 0.429. The number of hydrogen-bond donors (Lipinski definition) is 1. The Kier molecular flexibility index (Phi) is 6.81. The van der Waals surface area contributed by atoms with Gasteiger partial charge in [0.25, 0.3) is 0 Å². The van der Waals surface area contributed by atoms with Gasteiger partial charge >= 0.3 is 0 Å². The molecule has 0 saturated carbocycles. The maximum Gasteiger partial charge on any atom is 0.243 e. The Labute approximate surface area is 179 Å². The highest BCUT2D eigenvalue weighted by molar-refractivity contribution is 9.10. The molecule has 1 amide bonds. The molecule has 1 heterocycles. The molecule has 1 atom stereocenters. The Morgan fingerprint density at radius 1 is 1.10 bits per heavy atom. The molecule has 2 aromatic carbocycles. The lowest BCUT2D eigenvalue weighted by atomic mass is 9.98. The van der Waals surface area contributed by atoms with Crippen LogP contribution in [0.25, 0.3) is 0 Å². The molecule has 1 N–H and O–H groups in total. The van der Waals surface area contributed by atoms with E-state index in [1.54, 1.807) is 49.6 Å². The molecule has 0 radical (unpaired) electrons. The summed E-state index contributed by atoms with van der Waals surface area (Å²) in [5, 5.41) is 2.85. The molecule has 1 fully saturated rings. The topological polar surface area (TPSA) is 84.9 Å². The van der Waals surface area contributed by atoms with E-state index in [1.807, 2.05) is 0 Å². The lowest BCUT2D eigenvalue weighted by molar-refractivity contribution is -0.120. The summed E-state index contributed by atoms with van der Waals surface area (Å²) in [4.78, 5) is 13.0. The number of sulfonamides is 1. The van der Waals surface area contributed by atoms with Gasteiger partial charge in [0.15, 0.2) is 11.5 Å². The van der Waals surface area contributed by atoms with Crippen molar-refractivity contribution in [2.45, 2.75) is 17.7 Å². The zero-order valence-corrected chi connectivity index (χ0v) is 18.6. The van der Waals surface area contributed by atoms with Crippen LogP contribution >= 0.6 is 15.9 Å². The number of carbonyl (C=O) groups excluding carboxylic acids is 1. The molecule has 29 heavy (non-hydrogen) atoms. The molecule has 2 aromatic rings. The number of hydrogen-bond acceptors (Lipinski definition) is 5. The van der Waals surface area contributed by atoms with Crippen molar-refractivity contribution in [3.8, 4) is 11.5 Å². The Bertz CT molecular complexity index is 979. The minimum Gasteiger partial charge on any atom is -0.493 e. The van der Waals surface area contributed by atoms with Gasteiger partial charge in [-0.3, -0.25) is 4.79 Å². The van der Waals surface area contributed by atoms with Crippen molar-refractivity contribution in [3.63, 3.8) is 0 Å². The van der Waals surface area contributed by atoms with Crippen LogP contribution in [0.2, 0.25) is 0 Å². The first kappa shape index (κ1) is 21.6. The van der Waals surface area contributed by atoms with E-state index in [1.165, 1.54) is 11.4 Å². The number of piperidine rings is 1. The van der Waals surface area contributed by atoms with Crippen LogP contribution in [0.3, 0.4) is 0 Å². The predicted molar refractivity (Wildman–Crippen MR) is 114 cm³/mol. The van der Waals surface area contributed by atoms with Crippen LogP contribution in [0.15, 0.2) is 51.8 Å². The number of halogens is 1. The van der Waals surface area contributed by atoms with Crippen molar-refractivity contribution < 1.29 is 22.7 Å². The van der Waals surface area contributed by atoms with Gasteiger partial charge in [-0.2, -0.15) is 4.31 Å². The van der Waals surface area contributed by atoms with Gasteiger partial charge in [0, 0.05) is 29.3 Å². The molecular weight excluding hydrogens is 460 g/mol. The first-order valence-electron chi connectivity index (χ1n) is 9.13. The number of rotatable bonds is 6. The third kappa shape index (κ3) is 4.91. The van der Waals surface area contributed by atoms with Crippen LogP contribution < -0.4 is 14.8 Å². The first-order valence-corrected chi connectivity index (χ1v) is 11.4. The summed E-state index contributed by atoms with van der Waals surface area (Å²) in [6.07, 6.45) is 1.26. The summed E-state index contributed by atoms with van der Waals surface area (Å²) in [6, 6.07) is 11.6. The van der Waals surface area contributed by atoms with E-state index in [-0.39, 0.29) is 17.3 Å². The molecule has 3 rings (SSSR count). The molecule has 0 bridgehead atoms. The van der Waals surface area contributed by atoms with Crippen molar-refractivity contribution in [1.82, 2.24) is 4.31 Å². The monoisotopic (exact) mass is 482 g/mol. The second kappa shape index (κ2) is 9.15. The van der Waals surface area contributed by atoms with Crippen molar-refractivity contribution in [2.24, 2.45) is 5.92 Å². The fraction of sp³-hybridized carbons (Fsp3) is 0.350. The van der Waals surface area contributed by atoms with E-state index in [9.17, 15) is 13.2 Å². The SMILES string of the molecule is COc1ccc(NC(=O)[C@H]2CCCN(S(=O)(=O)c3ccc(Br)cc3)C2)cc1OC. The van der Waals surface area contributed by atoms with Gasteiger partial charge in [-0.05, 0) is 49.2 Å². The van der Waals surface area contributed by atoms with Gasteiger partial charge in [-0.25, -0.2) is 8.42 Å². The maximum absolute atomic E-state index is 12.9. The lowest BCUT2D eigenvalue weighted by Gasteiger charge is -2.31.